The van der Waals surface area contributed by atoms with Gasteiger partial charge in [0.1, 0.15) is 6.04 Å². The molecule has 0 unspecified atom stereocenters. The van der Waals surface area contributed by atoms with Gasteiger partial charge in [0, 0.05) is 5.70 Å². The molecule has 0 saturated carbocycles. The molecule has 100 valence electrons. The van der Waals surface area contributed by atoms with Crippen LogP contribution in [0.3, 0.4) is 0 Å². The van der Waals surface area contributed by atoms with Crippen molar-refractivity contribution in [3.63, 3.8) is 0 Å². The molecule has 1 aliphatic rings. The van der Waals surface area contributed by atoms with E-state index in [1.807, 2.05) is 30.3 Å². The number of carbonyl (C=O) groups is 1. The molecule has 3 N–H and O–H groups in total. The van der Waals surface area contributed by atoms with Gasteiger partial charge in [0.15, 0.2) is 5.96 Å². The summed E-state index contributed by atoms with van der Waals surface area (Å²) in [6.45, 7) is 3.90. The number of guanidine groups is 1. The van der Waals surface area contributed by atoms with Gasteiger partial charge in [0.2, 0.25) is 0 Å². The van der Waals surface area contributed by atoms with Crippen LogP contribution in [0.25, 0.3) is 0 Å². The fourth-order valence-electron chi connectivity index (χ4n) is 2.05. The van der Waals surface area contributed by atoms with Gasteiger partial charge in [-0.3, -0.25) is 0 Å². The summed E-state index contributed by atoms with van der Waals surface area (Å²) in [6, 6.07) is 9.14. The summed E-state index contributed by atoms with van der Waals surface area (Å²) >= 11 is 0. The summed E-state index contributed by atoms with van der Waals surface area (Å²) in [6.07, 6.45) is 0. The molecule has 0 aliphatic carbocycles. The Morgan fingerprint density at radius 1 is 1.42 bits per heavy atom. The van der Waals surface area contributed by atoms with Crippen LogP contribution in [-0.2, 0) is 9.53 Å². The highest BCUT2D eigenvalue weighted by atomic mass is 16.5. The van der Waals surface area contributed by atoms with Gasteiger partial charge in [-0.15, -0.1) is 0 Å². The van der Waals surface area contributed by atoms with Crippen molar-refractivity contribution in [3.8, 4) is 0 Å². The van der Waals surface area contributed by atoms with Crippen molar-refractivity contribution in [3.05, 3.63) is 47.2 Å². The Bertz CT molecular complexity index is 535. The monoisotopic (exact) mass is 259 g/mol. The molecule has 1 atom stereocenters. The van der Waals surface area contributed by atoms with Gasteiger partial charge in [-0.25, -0.2) is 9.79 Å². The fraction of sp³-hybridized carbons (Fsp3) is 0.286. The predicted octanol–water partition coefficient (Wildman–Crippen LogP) is 1.48. The standard InChI is InChI=1S/C14H17N3O2/c1-3-19-13(18)11-9(2)16-14(15)17-12(11)10-7-5-4-6-8-10/h4-8,12H,3H2,1-2H3,(H3,15,16,17)/t12-/m1/s1. The molecule has 1 heterocycles. The molecule has 0 aromatic heterocycles. The molecule has 5 heteroatoms. The third kappa shape index (κ3) is 2.76. The first-order valence-corrected chi connectivity index (χ1v) is 6.16. The first-order valence-electron chi connectivity index (χ1n) is 6.16. The molecule has 0 amide bonds. The number of nitrogens with one attached hydrogen (secondary N) is 1. The van der Waals surface area contributed by atoms with Crippen molar-refractivity contribution < 1.29 is 9.53 Å². The second-order valence-electron chi connectivity index (χ2n) is 4.21. The number of ether oxygens (including phenoxy) is 1. The number of hydrogen-bond acceptors (Lipinski definition) is 5. The third-order valence-corrected chi connectivity index (χ3v) is 2.87. The lowest BCUT2D eigenvalue weighted by atomic mass is 9.96. The van der Waals surface area contributed by atoms with E-state index in [2.05, 4.69) is 10.3 Å². The number of esters is 1. The van der Waals surface area contributed by atoms with Crippen molar-refractivity contribution in [2.24, 2.45) is 10.7 Å². The van der Waals surface area contributed by atoms with Crippen molar-refractivity contribution >= 4 is 11.9 Å². The zero-order valence-corrected chi connectivity index (χ0v) is 11.0. The number of nitrogens with zero attached hydrogens (tertiary/aromatic N) is 1. The number of allylic oxidation sites excluding steroid dienone is 1. The predicted molar refractivity (Wildman–Crippen MR) is 73.3 cm³/mol. The van der Waals surface area contributed by atoms with E-state index in [9.17, 15) is 4.79 Å². The first-order chi connectivity index (χ1) is 9.13. The normalized spacial score (nSPS) is 18.6. The number of carbonyl (C=O) groups excluding carboxylic acids is 1. The Balaban J connectivity index is 2.42. The summed E-state index contributed by atoms with van der Waals surface area (Å²) in [4.78, 5) is 16.4. The van der Waals surface area contributed by atoms with E-state index in [1.165, 1.54) is 0 Å². The average Bonchev–Trinajstić information content (AvgIpc) is 2.39. The Morgan fingerprint density at radius 3 is 2.74 bits per heavy atom. The van der Waals surface area contributed by atoms with Crippen molar-refractivity contribution in [2.75, 3.05) is 6.61 Å². The zero-order valence-electron chi connectivity index (χ0n) is 11.0. The topological polar surface area (TPSA) is 76.7 Å². The average molecular weight is 259 g/mol. The smallest absolute Gasteiger partial charge is 0.338 e. The van der Waals surface area contributed by atoms with Gasteiger partial charge in [-0.1, -0.05) is 30.3 Å². The Morgan fingerprint density at radius 2 is 2.11 bits per heavy atom. The van der Waals surface area contributed by atoms with Crippen molar-refractivity contribution in [2.45, 2.75) is 19.9 Å². The highest BCUT2D eigenvalue weighted by Gasteiger charge is 2.29. The molecule has 0 fully saturated rings. The van der Waals surface area contributed by atoms with Crippen LogP contribution in [0.1, 0.15) is 25.5 Å². The number of hydrogen-bond donors (Lipinski definition) is 2. The first kappa shape index (κ1) is 13.1. The van der Waals surface area contributed by atoms with Gasteiger partial charge < -0.3 is 15.8 Å². The summed E-state index contributed by atoms with van der Waals surface area (Å²) in [5.74, 6) is -0.0583. The Labute approximate surface area is 112 Å². The molecule has 0 spiro atoms. The molecule has 1 aliphatic heterocycles. The van der Waals surface area contributed by atoms with Crippen LogP contribution in [0.5, 0.6) is 0 Å². The van der Waals surface area contributed by atoms with Crippen LogP contribution in [0.4, 0.5) is 0 Å². The maximum absolute atomic E-state index is 12.1. The maximum atomic E-state index is 12.1. The molecule has 2 rings (SSSR count). The van der Waals surface area contributed by atoms with E-state index >= 15 is 0 Å². The number of nitrogens with two attached hydrogens (primary N) is 1. The fourth-order valence-corrected chi connectivity index (χ4v) is 2.05. The highest BCUT2D eigenvalue weighted by molar-refractivity contribution is 5.94. The van der Waals surface area contributed by atoms with Gasteiger partial charge in [0.05, 0.1) is 12.2 Å². The zero-order chi connectivity index (χ0) is 13.8. The Hall–Kier alpha value is -2.30. The molecule has 19 heavy (non-hydrogen) atoms. The van der Waals surface area contributed by atoms with Crippen LogP contribution < -0.4 is 11.1 Å². The summed E-state index contributed by atoms with van der Waals surface area (Å²) in [5.41, 5.74) is 7.84. The van der Waals surface area contributed by atoms with Crippen LogP contribution in [0.15, 0.2) is 46.6 Å². The molecule has 0 saturated heterocycles. The molecular formula is C14H17N3O2. The number of rotatable bonds is 3. The van der Waals surface area contributed by atoms with Crippen molar-refractivity contribution in [1.82, 2.24) is 5.32 Å². The SMILES string of the molecule is CCOC(=O)C1=C(C)NC(N)=N[C@@H]1c1ccccc1. The van der Waals surface area contributed by atoms with E-state index < -0.39 is 6.04 Å². The lowest BCUT2D eigenvalue weighted by Crippen LogP contribution is -2.37. The minimum absolute atomic E-state index is 0.305. The van der Waals surface area contributed by atoms with Gasteiger partial charge >= 0.3 is 5.97 Å². The Kier molecular flexibility index (Phi) is 3.85. The van der Waals surface area contributed by atoms with E-state index in [-0.39, 0.29) is 5.97 Å². The second kappa shape index (κ2) is 5.56. The molecule has 1 aromatic carbocycles. The van der Waals surface area contributed by atoms with Crippen molar-refractivity contribution in [1.29, 1.82) is 0 Å². The summed E-state index contributed by atoms with van der Waals surface area (Å²) < 4.78 is 5.09. The molecular weight excluding hydrogens is 242 g/mol. The maximum Gasteiger partial charge on any atom is 0.338 e. The summed E-state index contributed by atoms with van der Waals surface area (Å²) in [7, 11) is 0. The molecule has 5 nitrogen and oxygen atoms in total. The van der Waals surface area contributed by atoms with Crippen LogP contribution in [-0.4, -0.2) is 18.5 Å². The number of aliphatic imine (C=N–C) groups is 1. The van der Waals surface area contributed by atoms with Gasteiger partial charge in [0.25, 0.3) is 0 Å². The van der Waals surface area contributed by atoms with Crippen LogP contribution in [0, 0.1) is 0 Å². The van der Waals surface area contributed by atoms with Crippen LogP contribution >= 0.6 is 0 Å². The lowest BCUT2D eigenvalue weighted by molar-refractivity contribution is -0.138. The lowest BCUT2D eigenvalue weighted by Gasteiger charge is -2.24. The minimum Gasteiger partial charge on any atom is -0.463 e. The van der Waals surface area contributed by atoms with Crippen LogP contribution in [0.2, 0.25) is 0 Å². The number of benzene rings is 1. The van der Waals surface area contributed by atoms with E-state index in [1.54, 1.807) is 13.8 Å². The van der Waals surface area contributed by atoms with Gasteiger partial charge in [-0.05, 0) is 19.4 Å². The second-order valence-corrected chi connectivity index (χ2v) is 4.21. The minimum atomic E-state index is -0.415. The van der Waals surface area contributed by atoms with E-state index in [4.69, 9.17) is 10.5 Å². The summed E-state index contributed by atoms with van der Waals surface area (Å²) in [5, 5.41) is 2.87. The third-order valence-electron chi connectivity index (χ3n) is 2.87. The van der Waals surface area contributed by atoms with E-state index in [0.29, 0.717) is 23.8 Å². The highest BCUT2D eigenvalue weighted by Crippen LogP contribution is 2.30. The molecule has 0 radical (unpaired) electrons. The molecule has 0 bridgehead atoms. The largest absolute Gasteiger partial charge is 0.463 e. The quantitative estimate of drug-likeness (QED) is 0.806. The van der Waals surface area contributed by atoms with E-state index in [0.717, 1.165) is 5.56 Å². The van der Waals surface area contributed by atoms with Gasteiger partial charge in [-0.2, -0.15) is 0 Å². The molecule has 1 aromatic rings.